The SMILES string of the molecule is CC(C)C(c1cc(Cl)nc(Cl)c1)N(N)C(=O)O. The van der Waals surface area contributed by atoms with Crippen LogP contribution in [0, 0.1) is 5.92 Å². The minimum Gasteiger partial charge on any atom is -0.464 e. The number of hydrogen-bond donors (Lipinski definition) is 2. The fourth-order valence-corrected chi connectivity index (χ4v) is 2.12. The molecule has 1 rings (SSSR count). The molecule has 1 aromatic rings. The molecule has 0 saturated heterocycles. The molecule has 0 fully saturated rings. The van der Waals surface area contributed by atoms with Gasteiger partial charge in [0, 0.05) is 0 Å². The minimum absolute atomic E-state index is 0.0226. The predicted molar refractivity (Wildman–Crippen MR) is 65.9 cm³/mol. The van der Waals surface area contributed by atoms with Gasteiger partial charge in [0.2, 0.25) is 0 Å². The molecular weight excluding hydrogens is 265 g/mol. The summed E-state index contributed by atoms with van der Waals surface area (Å²) in [5.41, 5.74) is 0.620. The molecule has 0 aliphatic heterocycles. The van der Waals surface area contributed by atoms with E-state index in [-0.39, 0.29) is 16.2 Å². The fourth-order valence-electron chi connectivity index (χ4n) is 1.64. The normalized spacial score (nSPS) is 12.6. The second-order valence-corrected chi connectivity index (χ2v) is 4.70. The van der Waals surface area contributed by atoms with Gasteiger partial charge in [-0.2, -0.15) is 0 Å². The van der Waals surface area contributed by atoms with E-state index in [4.69, 9.17) is 34.2 Å². The van der Waals surface area contributed by atoms with E-state index in [1.807, 2.05) is 13.8 Å². The second kappa shape index (κ2) is 5.53. The summed E-state index contributed by atoms with van der Waals surface area (Å²) >= 11 is 11.6. The molecule has 3 N–H and O–H groups in total. The van der Waals surface area contributed by atoms with E-state index in [0.29, 0.717) is 5.56 Å². The maximum absolute atomic E-state index is 10.9. The van der Waals surface area contributed by atoms with Crippen molar-refractivity contribution in [3.8, 4) is 0 Å². The number of aromatic nitrogens is 1. The first-order valence-corrected chi connectivity index (χ1v) is 5.68. The Morgan fingerprint density at radius 3 is 2.24 bits per heavy atom. The first-order chi connectivity index (χ1) is 7.82. The van der Waals surface area contributed by atoms with Crippen LogP contribution in [0.5, 0.6) is 0 Å². The highest BCUT2D eigenvalue weighted by Crippen LogP contribution is 2.29. The molecule has 0 spiro atoms. The van der Waals surface area contributed by atoms with Crippen LogP contribution in [0.4, 0.5) is 4.79 Å². The average molecular weight is 278 g/mol. The zero-order valence-corrected chi connectivity index (χ0v) is 10.9. The molecule has 0 aliphatic carbocycles. The quantitative estimate of drug-likeness (QED) is 0.385. The maximum Gasteiger partial charge on any atom is 0.422 e. The molecule has 17 heavy (non-hydrogen) atoms. The third-order valence-electron chi connectivity index (χ3n) is 2.28. The Kier molecular flexibility index (Phi) is 4.56. The molecule has 1 unspecified atom stereocenters. The highest BCUT2D eigenvalue weighted by Gasteiger charge is 2.26. The third-order valence-corrected chi connectivity index (χ3v) is 2.67. The third kappa shape index (κ3) is 3.46. The van der Waals surface area contributed by atoms with Crippen LogP contribution < -0.4 is 5.84 Å². The van der Waals surface area contributed by atoms with Crippen LogP contribution >= 0.6 is 23.2 Å². The molecule has 5 nitrogen and oxygen atoms in total. The van der Waals surface area contributed by atoms with Crippen LogP contribution in [0.25, 0.3) is 0 Å². The number of halogens is 2. The van der Waals surface area contributed by atoms with E-state index in [1.165, 1.54) is 0 Å². The van der Waals surface area contributed by atoms with Gasteiger partial charge in [-0.25, -0.2) is 20.6 Å². The number of carbonyl (C=O) groups is 1. The lowest BCUT2D eigenvalue weighted by atomic mass is 9.96. The Balaban J connectivity index is 3.18. The molecule has 0 aromatic carbocycles. The van der Waals surface area contributed by atoms with Gasteiger partial charge in [0.25, 0.3) is 0 Å². The summed E-state index contributed by atoms with van der Waals surface area (Å²) in [6.07, 6.45) is -1.22. The second-order valence-electron chi connectivity index (χ2n) is 3.92. The number of rotatable bonds is 3. The summed E-state index contributed by atoms with van der Waals surface area (Å²) in [6, 6.07) is 2.59. The number of nitrogens with two attached hydrogens (primary N) is 1. The number of amides is 1. The Morgan fingerprint density at radius 1 is 1.41 bits per heavy atom. The van der Waals surface area contributed by atoms with E-state index in [2.05, 4.69) is 4.98 Å². The number of nitrogens with zero attached hydrogens (tertiary/aromatic N) is 2. The standard InChI is InChI=1S/C10H13Cl2N3O2/c1-5(2)9(15(13)10(16)17)6-3-7(11)14-8(12)4-6/h3-5,9H,13H2,1-2H3,(H,16,17). The summed E-state index contributed by atoms with van der Waals surface area (Å²) in [7, 11) is 0. The molecular formula is C10H13Cl2N3O2. The Bertz CT molecular complexity index is 406. The molecule has 1 amide bonds. The van der Waals surface area contributed by atoms with Gasteiger partial charge in [0.1, 0.15) is 10.3 Å². The van der Waals surface area contributed by atoms with Crippen molar-refractivity contribution >= 4 is 29.3 Å². The predicted octanol–water partition coefficient (Wildman–Crippen LogP) is 2.94. The molecule has 0 saturated carbocycles. The lowest BCUT2D eigenvalue weighted by molar-refractivity contribution is 0.110. The monoisotopic (exact) mass is 277 g/mol. The van der Waals surface area contributed by atoms with Crippen LogP contribution in [0.3, 0.4) is 0 Å². The van der Waals surface area contributed by atoms with Crippen molar-refractivity contribution in [3.63, 3.8) is 0 Å². The Morgan fingerprint density at radius 2 is 1.88 bits per heavy atom. The van der Waals surface area contributed by atoms with Gasteiger partial charge in [-0.05, 0) is 23.6 Å². The highest BCUT2D eigenvalue weighted by atomic mass is 35.5. The maximum atomic E-state index is 10.9. The van der Waals surface area contributed by atoms with Crippen molar-refractivity contribution in [3.05, 3.63) is 28.0 Å². The van der Waals surface area contributed by atoms with Crippen LogP contribution in [0.15, 0.2) is 12.1 Å². The number of hydrogen-bond acceptors (Lipinski definition) is 3. The lowest BCUT2D eigenvalue weighted by Crippen LogP contribution is -2.41. The number of hydrazine groups is 1. The largest absolute Gasteiger partial charge is 0.464 e. The van der Waals surface area contributed by atoms with E-state index >= 15 is 0 Å². The molecule has 0 aliphatic rings. The van der Waals surface area contributed by atoms with Gasteiger partial charge in [0.15, 0.2) is 0 Å². The summed E-state index contributed by atoms with van der Waals surface area (Å²) in [4.78, 5) is 14.7. The van der Waals surface area contributed by atoms with Gasteiger partial charge < -0.3 is 5.11 Å². The summed E-state index contributed by atoms with van der Waals surface area (Å²) in [5, 5.41) is 10.1. The zero-order valence-electron chi connectivity index (χ0n) is 9.39. The molecule has 7 heteroatoms. The fraction of sp³-hybridized carbons (Fsp3) is 0.400. The van der Waals surface area contributed by atoms with Gasteiger partial charge in [0.05, 0.1) is 6.04 Å². The Hall–Kier alpha value is -1.04. The van der Waals surface area contributed by atoms with Crippen molar-refractivity contribution in [1.82, 2.24) is 9.99 Å². The Labute approximate surface area is 109 Å². The van der Waals surface area contributed by atoms with Crippen molar-refractivity contribution in [2.75, 3.05) is 0 Å². The van der Waals surface area contributed by atoms with Crippen molar-refractivity contribution in [2.45, 2.75) is 19.9 Å². The number of carboxylic acid groups (broad SMARTS) is 1. The summed E-state index contributed by atoms with van der Waals surface area (Å²) in [6.45, 7) is 3.71. The van der Waals surface area contributed by atoms with Crippen LogP contribution in [0.2, 0.25) is 10.3 Å². The van der Waals surface area contributed by atoms with Gasteiger partial charge in [-0.1, -0.05) is 37.0 Å². The van der Waals surface area contributed by atoms with Crippen molar-refractivity contribution < 1.29 is 9.90 Å². The van der Waals surface area contributed by atoms with Gasteiger partial charge >= 0.3 is 6.09 Å². The topological polar surface area (TPSA) is 79.5 Å². The van der Waals surface area contributed by atoms with Crippen LogP contribution in [-0.4, -0.2) is 21.2 Å². The summed E-state index contributed by atoms with van der Waals surface area (Å²) in [5.74, 6) is 5.50. The first-order valence-electron chi connectivity index (χ1n) is 4.92. The highest BCUT2D eigenvalue weighted by molar-refractivity contribution is 6.32. The molecule has 1 heterocycles. The minimum atomic E-state index is -1.22. The molecule has 0 bridgehead atoms. The van der Waals surface area contributed by atoms with Gasteiger partial charge in [-0.3, -0.25) is 0 Å². The first kappa shape index (κ1) is 14.0. The molecule has 0 radical (unpaired) electrons. The van der Waals surface area contributed by atoms with Gasteiger partial charge in [-0.15, -0.1) is 0 Å². The summed E-state index contributed by atoms with van der Waals surface area (Å²) < 4.78 is 0. The molecule has 94 valence electrons. The van der Waals surface area contributed by atoms with Crippen molar-refractivity contribution in [1.29, 1.82) is 0 Å². The van der Waals surface area contributed by atoms with Crippen LogP contribution in [0.1, 0.15) is 25.5 Å². The van der Waals surface area contributed by atoms with Crippen molar-refractivity contribution in [2.24, 2.45) is 11.8 Å². The lowest BCUT2D eigenvalue weighted by Gasteiger charge is -2.28. The molecule has 1 atom stereocenters. The number of pyridine rings is 1. The van der Waals surface area contributed by atoms with Crippen LogP contribution in [-0.2, 0) is 0 Å². The zero-order chi connectivity index (χ0) is 13.2. The molecule has 1 aromatic heterocycles. The van der Waals surface area contributed by atoms with E-state index in [9.17, 15) is 4.79 Å². The smallest absolute Gasteiger partial charge is 0.422 e. The van der Waals surface area contributed by atoms with E-state index in [1.54, 1.807) is 12.1 Å². The average Bonchev–Trinajstić information content (AvgIpc) is 2.15. The van der Waals surface area contributed by atoms with E-state index < -0.39 is 12.1 Å². The van der Waals surface area contributed by atoms with E-state index in [0.717, 1.165) is 5.01 Å².